The van der Waals surface area contributed by atoms with Crippen molar-refractivity contribution in [2.75, 3.05) is 6.61 Å². The van der Waals surface area contributed by atoms with Crippen molar-refractivity contribution in [3.63, 3.8) is 0 Å². The molecule has 0 amide bonds. The average Bonchev–Trinajstić information content (AvgIpc) is 3.01. The molecule has 7 heteroatoms. The Kier molecular flexibility index (Phi) is 4.42. The summed E-state index contributed by atoms with van der Waals surface area (Å²) in [4.78, 5) is 28.1. The Hall–Kier alpha value is -2.76. The molecule has 0 aliphatic rings. The van der Waals surface area contributed by atoms with E-state index in [1.807, 2.05) is 18.2 Å². The molecule has 0 saturated heterocycles. The third kappa shape index (κ3) is 2.89. The minimum Gasteiger partial charge on any atom is -0.462 e. The van der Waals surface area contributed by atoms with Crippen molar-refractivity contribution < 1.29 is 13.9 Å². The number of carbonyl (C=O) groups is 1. The third-order valence-electron chi connectivity index (χ3n) is 4.22. The van der Waals surface area contributed by atoms with E-state index in [-0.39, 0.29) is 17.7 Å². The van der Waals surface area contributed by atoms with Crippen molar-refractivity contribution in [3.8, 4) is 11.1 Å². The molecule has 1 N–H and O–H groups in total. The largest absolute Gasteiger partial charge is 0.462 e. The highest BCUT2D eigenvalue weighted by atomic mass is 35.5. The summed E-state index contributed by atoms with van der Waals surface area (Å²) in [6.45, 7) is 1.79. The molecule has 0 unspecified atom stereocenters. The molecule has 0 atom stereocenters. The number of H-pyrrole nitrogens is 1. The molecule has 0 aliphatic carbocycles. The molecule has 0 aliphatic heterocycles. The monoisotopic (exact) mass is 401 g/mol. The highest BCUT2D eigenvalue weighted by molar-refractivity contribution is 6.36. The van der Waals surface area contributed by atoms with Crippen molar-refractivity contribution >= 4 is 51.2 Å². The number of hydrogen-bond donors (Lipinski definition) is 1. The number of benzene rings is 2. The highest BCUT2D eigenvalue weighted by Gasteiger charge is 2.26. The first kappa shape index (κ1) is 17.6. The van der Waals surface area contributed by atoms with Gasteiger partial charge in [0, 0.05) is 26.6 Å². The molecule has 4 aromatic rings. The second-order valence-corrected chi connectivity index (χ2v) is 6.69. The summed E-state index contributed by atoms with van der Waals surface area (Å²) in [5.41, 5.74) is 1.31. The lowest BCUT2D eigenvalue weighted by Crippen LogP contribution is -2.21. The van der Waals surface area contributed by atoms with Crippen LogP contribution in [0.2, 0.25) is 10.0 Å². The zero-order valence-corrected chi connectivity index (χ0v) is 15.6. The Morgan fingerprint density at radius 1 is 1.19 bits per heavy atom. The first-order valence-corrected chi connectivity index (χ1v) is 8.97. The number of para-hydroxylation sites is 1. The van der Waals surface area contributed by atoms with E-state index in [2.05, 4.69) is 4.98 Å². The van der Waals surface area contributed by atoms with Crippen molar-refractivity contribution in [1.29, 1.82) is 0 Å². The number of aromatic amines is 1. The number of nitrogens with one attached hydrogen (secondary N) is 1. The molecular formula is C20H13Cl2NO4. The van der Waals surface area contributed by atoms with Gasteiger partial charge in [-0.25, -0.2) is 4.79 Å². The number of rotatable bonds is 3. The van der Waals surface area contributed by atoms with Crippen LogP contribution < -0.4 is 5.56 Å². The molecule has 2 aromatic heterocycles. The number of aromatic nitrogens is 1. The molecule has 0 spiro atoms. The summed E-state index contributed by atoms with van der Waals surface area (Å²) < 4.78 is 11.1. The molecule has 0 radical (unpaired) electrons. The second kappa shape index (κ2) is 6.76. The number of esters is 1. The van der Waals surface area contributed by atoms with E-state index in [0.29, 0.717) is 32.3 Å². The molecule has 0 fully saturated rings. The van der Waals surface area contributed by atoms with Crippen molar-refractivity contribution in [2.45, 2.75) is 6.92 Å². The summed E-state index contributed by atoms with van der Waals surface area (Å²) in [6, 6.07) is 12.1. The number of carbonyl (C=O) groups excluding carboxylic acids is 1. The fraction of sp³-hybridized carbons (Fsp3) is 0.100. The van der Waals surface area contributed by atoms with Crippen LogP contribution in [-0.4, -0.2) is 17.6 Å². The number of fused-ring (bicyclic) bond motifs is 3. The van der Waals surface area contributed by atoms with Crippen LogP contribution in [0.25, 0.3) is 33.2 Å². The van der Waals surface area contributed by atoms with E-state index < -0.39 is 11.5 Å². The van der Waals surface area contributed by atoms with Gasteiger partial charge in [-0.3, -0.25) is 4.79 Å². The predicted octanol–water partition coefficient (Wildman–Crippen LogP) is 5.42. The molecule has 2 heterocycles. The highest BCUT2D eigenvalue weighted by Crippen LogP contribution is 2.39. The predicted molar refractivity (Wildman–Crippen MR) is 106 cm³/mol. The van der Waals surface area contributed by atoms with Crippen LogP contribution in [0, 0.1) is 0 Å². The van der Waals surface area contributed by atoms with Crippen LogP contribution in [0.1, 0.15) is 17.3 Å². The van der Waals surface area contributed by atoms with E-state index in [4.69, 9.17) is 32.4 Å². The lowest BCUT2D eigenvalue weighted by atomic mass is 9.99. The molecule has 136 valence electrons. The Bertz CT molecular complexity index is 1260. The number of furan rings is 1. The average molecular weight is 402 g/mol. The van der Waals surface area contributed by atoms with E-state index >= 15 is 0 Å². The maximum Gasteiger partial charge on any atom is 0.344 e. The Morgan fingerprint density at radius 3 is 2.74 bits per heavy atom. The zero-order chi connectivity index (χ0) is 19.1. The van der Waals surface area contributed by atoms with Gasteiger partial charge in [-0.15, -0.1) is 0 Å². The van der Waals surface area contributed by atoms with Gasteiger partial charge in [0.25, 0.3) is 5.56 Å². The van der Waals surface area contributed by atoms with E-state index in [9.17, 15) is 9.59 Å². The zero-order valence-electron chi connectivity index (χ0n) is 14.1. The normalized spacial score (nSPS) is 11.2. The summed E-state index contributed by atoms with van der Waals surface area (Å²) in [7, 11) is 0. The van der Waals surface area contributed by atoms with Crippen LogP contribution in [-0.2, 0) is 4.74 Å². The van der Waals surface area contributed by atoms with E-state index in [0.717, 1.165) is 5.39 Å². The fourth-order valence-electron chi connectivity index (χ4n) is 3.09. The Morgan fingerprint density at radius 2 is 1.96 bits per heavy atom. The van der Waals surface area contributed by atoms with Gasteiger partial charge < -0.3 is 14.1 Å². The smallest absolute Gasteiger partial charge is 0.344 e. The van der Waals surface area contributed by atoms with Gasteiger partial charge in [-0.1, -0.05) is 35.3 Å². The molecular weight excluding hydrogens is 389 g/mol. The van der Waals surface area contributed by atoms with Crippen LogP contribution in [0.3, 0.4) is 0 Å². The van der Waals surface area contributed by atoms with Crippen LogP contribution in [0.4, 0.5) is 0 Å². The van der Waals surface area contributed by atoms with Crippen LogP contribution in [0.5, 0.6) is 0 Å². The van der Waals surface area contributed by atoms with Gasteiger partial charge >= 0.3 is 5.97 Å². The summed E-state index contributed by atoms with van der Waals surface area (Å²) >= 11 is 12.5. The van der Waals surface area contributed by atoms with Crippen molar-refractivity contribution in [2.24, 2.45) is 0 Å². The number of halogens is 2. The maximum atomic E-state index is 12.8. The van der Waals surface area contributed by atoms with Gasteiger partial charge in [-0.2, -0.15) is 0 Å². The lowest BCUT2D eigenvalue weighted by Gasteiger charge is -2.11. The first-order chi connectivity index (χ1) is 13.0. The third-order valence-corrected chi connectivity index (χ3v) is 4.78. The van der Waals surface area contributed by atoms with Crippen molar-refractivity contribution in [3.05, 3.63) is 68.4 Å². The minimum absolute atomic E-state index is 0.124. The van der Waals surface area contributed by atoms with Crippen molar-refractivity contribution in [1.82, 2.24) is 4.98 Å². The number of pyridine rings is 1. The summed E-state index contributed by atoms with van der Waals surface area (Å²) in [6.07, 6.45) is 0. The standard InChI is InChI=1S/C20H13Cl2NO4/c1-2-26-20(25)16-15(12-9-10(21)7-8-13(12)22)18-17(23-19(16)24)11-5-3-4-6-14(11)27-18/h3-9H,2H2,1H3,(H,23,24). The maximum absolute atomic E-state index is 12.8. The second-order valence-electron chi connectivity index (χ2n) is 5.85. The Balaban J connectivity index is 2.21. The minimum atomic E-state index is -0.757. The SMILES string of the molecule is CCOC(=O)c1c(-c2cc(Cl)ccc2Cl)c2oc3ccccc3c2[nH]c1=O. The van der Waals surface area contributed by atoms with Gasteiger partial charge in [0.1, 0.15) is 11.1 Å². The summed E-state index contributed by atoms with van der Waals surface area (Å²) in [5.74, 6) is -0.757. The summed E-state index contributed by atoms with van der Waals surface area (Å²) in [5, 5.41) is 1.46. The van der Waals surface area contributed by atoms with Gasteiger partial charge in [0.05, 0.1) is 12.1 Å². The first-order valence-electron chi connectivity index (χ1n) is 8.21. The Labute approximate surface area is 163 Å². The van der Waals surface area contributed by atoms with Crippen LogP contribution in [0.15, 0.2) is 51.7 Å². The van der Waals surface area contributed by atoms with Gasteiger partial charge in [-0.05, 0) is 37.3 Å². The van der Waals surface area contributed by atoms with Gasteiger partial charge in [0.2, 0.25) is 0 Å². The molecule has 27 heavy (non-hydrogen) atoms. The lowest BCUT2D eigenvalue weighted by molar-refractivity contribution is 0.0525. The topological polar surface area (TPSA) is 72.3 Å². The molecule has 5 nitrogen and oxygen atoms in total. The molecule has 0 bridgehead atoms. The fourth-order valence-corrected chi connectivity index (χ4v) is 3.48. The van der Waals surface area contributed by atoms with Gasteiger partial charge in [0.15, 0.2) is 5.58 Å². The quantitative estimate of drug-likeness (QED) is 0.464. The molecule has 0 saturated carbocycles. The molecule has 2 aromatic carbocycles. The van der Waals surface area contributed by atoms with Crippen LogP contribution >= 0.6 is 23.2 Å². The van der Waals surface area contributed by atoms with E-state index in [1.165, 1.54) is 0 Å². The molecule has 4 rings (SSSR count). The number of hydrogen-bond acceptors (Lipinski definition) is 4. The van der Waals surface area contributed by atoms with E-state index in [1.54, 1.807) is 31.2 Å². The number of ether oxygens (including phenoxy) is 1.